The van der Waals surface area contributed by atoms with E-state index in [4.69, 9.17) is 0 Å². The fourth-order valence-corrected chi connectivity index (χ4v) is 2.40. The van der Waals surface area contributed by atoms with E-state index in [-0.39, 0.29) is 0 Å². The van der Waals surface area contributed by atoms with Crippen molar-refractivity contribution >= 4 is 0 Å². The van der Waals surface area contributed by atoms with Gasteiger partial charge in [0.15, 0.2) is 0 Å². The molecule has 1 heterocycles. The maximum Gasteiger partial charge on any atom is 0.0952 e. The highest BCUT2D eigenvalue weighted by Gasteiger charge is 2.15. The van der Waals surface area contributed by atoms with Gasteiger partial charge in [-0.15, -0.1) is 0 Å². The molecule has 0 amide bonds. The lowest BCUT2D eigenvalue weighted by atomic mass is 9.95. The van der Waals surface area contributed by atoms with Crippen molar-refractivity contribution in [2.75, 3.05) is 6.54 Å². The van der Waals surface area contributed by atoms with Crippen LogP contribution in [0.25, 0.3) is 0 Å². The molecule has 3 heteroatoms. The van der Waals surface area contributed by atoms with Crippen LogP contribution in [-0.4, -0.2) is 16.1 Å². The van der Waals surface area contributed by atoms with Crippen molar-refractivity contribution in [3.63, 3.8) is 0 Å². The maximum absolute atomic E-state index is 4.49. The molecule has 18 heavy (non-hydrogen) atoms. The highest BCUT2D eigenvalue weighted by Crippen LogP contribution is 2.23. The lowest BCUT2D eigenvalue weighted by Crippen LogP contribution is -2.19. The van der Waals surface area contributed by atoms with E-state index in [0.29, 0.717) is 12.0 Å². The van der Waals surface area contributed by atoms with E-state index in [0.717, 1.165) is 24.7 Å². The molecular weight excluding hydrogens is 222 g/mol. The van der Waals surface area contributed by atoms with Gasteiger partial charge >= 0.3 is 0 Å². The summed E-state index contributed by atoms with van der Waals surface area (Å²) >= 11 is 0. The lowest BCUT2D eigenvalue weighted by molar-refractivity contribution is 0.333. The first-order valence-electron chi connectivity index (χ1n) is 7.31. The second kappa shape index (κ2) is 7.57. The number of hydrogen-bond acceptors (Lipinski definition) is 2. The van der Waals surface area contributed by atoms with Crippen LogP contribution in [0.2, 0.25) is 0 Å². The van der Waals surface area contributed by atoms with Gasteiger partial charge in [-0.25, -0.2) is 4.98 Å². The SMILES string of the molecule is CCC(CC)C(C)n1cnc(CNCC(C)C)c1. The summed E-state index contributed by atoms with van der Waals surface area (Å²) in [5.41, 5.74) is 1.15. The zero-order valence-electron chi connectivity index (χ0n) is 12.6. The molecule has 1 rings (SSSR count). The monoisotopic (exact) mass is 251 g/mol. The summed E-state index contributed by atoms with van der Waals surface area (Å²) < 4.78 is 2.27. The number of imidazole rings is 1. The summed E-state index contributed by atoms with van der Waals surface area (Å²) in [6.07, 6.45) is 6.64. The molecule has 1 N–H and O–H groups in total. The summed E-state index contributed by atoms with van der Waals surface area (Å²) in [6, 6.07) is 0.548. The van der Waals surface area contributed by atoms with Crippen molar-refractivity contribution in [1.82, 2.24) is 14.9 Å². The molecule has 0 aromatic carbocycles. The summed E-state index contributed by atoms with van der Waals surface area (Å²) in [5.74, 6) is 1.44. The van der Waals surface area contributed by atoms with Crippen LogP contribution in [0.3, 0.4) is 0 Å². The Balaban J connectivity index is 2.51. The van der Waals surface area contributed by atoms with Gasteiger partial charge in [0.1, 0.15) is 0 Å². The van der Waals surface area contributed by atoms with Gasteiger partial charge in [0, 0.05) is 18.8 Å². The smallest absolute Gasteiger partial charge is 0.0952 e. The van der Waals surface area contributed by atoms with Crippen molar-refractivity contribution < 1.29 is 0 Å². The van der Waals surface area contributed by atoms with E-state index < -0.39 is 0 Å². The molecule has 1 aromatic rings. The Hall–Kier alpha value is -0.830. The molecule has 0 saturated carbocycles. The first kappa shape index (κ1) is 15.2. The third-order valence-corrected chi connectivity index (χ3v) is 3.71. The number of aromatic nitrogens is 2. The molecule has 104 valence electrons. The van der Waals surface area contributed by atoms with Crippen molar-refractivity contribution in [3.8, 4) is 0 Å². The Morgan fingerprint density at radius 1 is 1.22 bits per heavy atom. The molecule has 1 unspecified atom stereocenters. The lowest BCUT2D eigenvalue weighted by Gasteiger charge is -2.22. The van der Waals surface area contributed by atoms with Crippen LogP contribution in [0.5, 0.6) is 0 Å². The van der Waals surface area contributed by atoms with Gasteiger partial charge in [0.25, 0.3) is 0 Å². The summed E-state index contributed by atoms with van der Waals surface area (Å²) in [5, 5.41) is 3.43. The molecule has 0 aliphatic heterocycles. The van der Waals surface area contributed by atoms with Gasteiger partial charge in [0.05, 0.1) is 12.0 Å². The summed E-state index contributed by atoms with van der Waals surface area (Å²) in [7, 11) is 0. The topological polar surface area (TPSA) is 29.9 Å². The minimum atomic E-state index is 0.548. The summed E-state index contributed by atoms with van der Waals surface area (Å²) in [6.45, 7) is 13.2. The normalized spacial score (nSPS) is 13.5. The minimum absolute atomic E-state index is 0.548. The van der Waals surface area contributed by atoms with Crippen LogP contribution in [-0.2, 0) is 6.54 Å². The molecule has 0 fully saturated rings. The number of nitrogens with one attached hydrogen (secondary N) is 1. The van der Waals surface area contributed by atoms with Crippen LogP contribution in [0.15, 0.2) is 12.5 Å². The molecule has 0 bridgehead atoms. The van der Waals surface area contributed by atoms with Crippen LogP contribution in [0, 0.1) is 11.8 Å². The highest BCUT2D eigenvalue weighted by atomic mass is 15.1. The molecular formula is C15H29N3. The number of hydrogen-bond donors (Lipinski definition) is 1. The second-order valence-corrected chi connectivity index (χ2v) is 5.65. The highest BCUT2D eigenvalue weighted by molar-refractivity contribution is 4.98. The van der Waals surface area contributed by atoms with E-state index in [1.165, 1.54) is 12.8 Å². The quantitative estimate of drug-likeness (QED) is 0.764. The van der Waals surface area contributed by atoms with Crippen LogP contribution in [0.1, 0.15) is 59.2 Å². The van der Waals surface area contributed by atoms with Gasteiger partial charge < -0.3 is 9.88 Å². The van der Waals surface area contributed by atoms with E-state index in [9.17, 15) is 0 Å². The second-order valence-electron chi connectivity index (χ2n) is 5.65. The Morgan fingerprint density at radius 3 is 2.44 bits per heavy atom. The van der Waals surface area contributed by atoms with E-state index in [1.807, 2.05) is 6.33 Å². The zero-order chi connectivity index (χ0) is 13.5. The molecule has 0 aliphatic rings. The standard InChI is InChI=1S/C15H29N3/c1-6-14(7-2)13(5)18-10-15(17-11-18)9-16-8-12(3)4/h10-14,16H,6-9H2,1-5H3. The molecule has 1 aromatic heterocycles. The third-order valence-electron chi connectivity index (χ3n) is 3.71. The average Bonchev–Trinajstić information content (AvgIpc) is 2.78. The van der Waals surface area contributed by atoms with Crippen molar-refractivity contribution in [1.29, 1.82) is 0 Å². The average molecular weight is 251 g/mol. The number of nitrogens with zero attached hydrogens (tertiary/aromatic N) is 2. The Labute approximate surface area is 112 Å². The van der Waals surface area contributed by atoms with Gasteiger partial charge in [-0.1, -0.05) is 40.5 Å². The molecule has 3 nitrogen and oxygen atoms in total. The van der Waals surface area contributed by atoms with Crippen LogP contribution < -0.4 is 5.32 Å². The molecule has 0 radical (unpaired) electrons. The van der Waals surface area contributed by atoms with Crippen molar-refractivity contribution in [3.05, 3.63) is 18.2 Å². The van der Waals surface area contributed by atoms with Crippen LogP contribution >= 0.6 is 0 Å². The largest absolute Gasteiger partial charge is 0.334 e. The molecule has 1 atom stereocenters. The summed E-state index contributed by atoms with van der Waals surface area (Å²) in [4.78, 5) is 4.49. The Kier molecular flexibility index (Phi) is 6.41. The first-order valence-corrected chi connectivity index (χ1v) is 7.31. The molecule has 0 spiro atoms. The van der Waals surface area contributed by atoms with Gasteiger partial charge in [0.2, 0.25) is 0 Å². The van der Waals surface area contributed by atoms with Crippen molar-refractivity contribution in [2.24, 2.45) is 11.8 Å². The number of rotatable bonds is 8. The third kappa shape index (κ3) is 4.45. The Morgan fingerprint density at radius 2 is 1.89 bits per heavy atom. The van der Waals surface area contributed by atoms with E-state index in [2.05, 4.69) is 55.7 Å². The maximum atomic E-state index is 4.49. The van der Waals surface area contributed by atoms with Gasteiger partial charge in [-0.2, -0.15) is 0 Å². The zero-order valence-corrected chi connectivity index (χ0v) is 12.6. The molecule has 0 saturated heterocycles. The van der Waals surface area contributed by atoms with Crippen molar-refractivity contribution in [2.45, 2.75) is 60.0 Å². The molecule has 0 aliphatic carbocycles. The van der Waals surface area contributed by atoms with Gasteiger partial charge in [-0.3, -0.25) is 0 Å². The van der Waals surface area contributed by atoms with Crippen LogP contribution in [0.4, 0.5) is 0 Å². The minimum Gasteiger partial charge on any atom is -0.334 e. The predicted molar refractivity (Wildman–Crippen MR) is 77.6 cm³/mol. The van der Waals surface area contributed by atoms with Gasteiger partial charge in [-0.05, 0) is 25.3 Å². The van der Waals surface area contributed by atoms with E-state index >= 15 is 0 Å². The van der Waals surface area contributed by atoms with E-state index in [1.54, 1.807) is 0 Å². The fraction of sp³-hybridized carbons (Fsp3) is 0.800. The first-order chi connectivity index (χ1) is 8.58. The Bertz CT molecular complexity index is 326. The predicted octanol–water partition coefficient (Wildman–Crippen LogP) is 3.63. The fourth-order valence-electron chi connectivity index (χ4n) is 2.40.